The van der Waals surface area contributed by atoms with E-state index in [1.54, 1.807) is 0 Å². The SMILES string of the molecule is Cc1cccc(N2CCN(CC(=O)Nc3c(C)cccc3C)CC2)c1. The van der Waals surface area contributed by atoms with Crippen LogP contribution in [0.5, 0.6) is 0 Å². The van der Waals surface area contributed by atoms with Gasteiger partial charge in [-0.1, -0.05) is 30.3 Å². The standard InChI is InChI=1S/C21H27N3O/c1-16-6-4-9-19(14-16)24-12-10-23(11-13-24)15-20(25)22-21-17(2)7-5-8-18(21)3/h4-9,14H,10-13,15H2,1-3H3,(H,22,25). The molecule has 1 saturated heterocycles. The molecule has 0 spiro atoms. The first-order valence-corrected chi connectivity index (χ1v) is 8.93. The van der Waals surface area contributed by atoms with Gasteiger partial charge in [0.1, 0.15) is 0 Å². The number of rotatable bonds is 4. The van der Waals surface area contributed by atoms with Crippen LogP contribution in [-0.2, 0) is 4.79 Å². The van der Waals surface area contributed by atoms with Gasteiger partial charge in [-0.2, -0.15) is 0 Å². The Morgan fingerprint density at radius 3 is 2.24 bits per heavy atom. The minimum absolute atomic E-state index is 0.0707. The van der Waals surface area contributed by atoms with Gasteiger partial charge in [0.15, 0.2) is 0 Å². The van der Waals surface area contributed by atoms with Crippen LogP contribution in [0.2, 0.25) is 0 Å². The van der Waals surface area contributed by atoms with Gasteiger partial charge in [0, 0.05) is 37.6 Å². The fraction of sp³-hybridized carbons (Fsp3) is 0.381. The van der Waals surface area contributed by atoms with E-state index >= 15 is 0 Å². The van der Waals surface area contributed by atoms with Crippen LogP contribution in [0.15, 0.2) is 42.5 Å². The smallest absolute Gasteiger partial charge is 0.238 e. The number of benzene rings is 2. The molecular weight excluding hydrogens is 310 g/mol. The summed E-state index contributed by atoms with van der Waals surface area (Å²) in [6, 6.07) is 14.7. The second kappa shape index (κ2) is 7.70. The molecule has 1 aliphatic heterocycles. The lowest BCUT2D eigenvalue weighted by atomic mass is 10.1. The van der Waals surface area contributed by atoms with Crippen LogP contribution in [0.4, 0.5) is 11.4 Å². The van der Waals surface area contributed by atoms with Crippen LogP contribution in [-0.4, -0.2) is 43.5 Å². The molecule has 1 N–H and O–H groups in total. The van der Waals surface area contributed by atoms with Gasteiger partial charge in [0.25, 0.3) is 0 Å². The van der Waals surface area contributed by atoms with E-state index in [1.165, 1.54) is 11.3 Å². The quantitative estimate of drug-likeness (QED) is 0.929. The molecule has 0 saturated carbocycles. The zero-order chi connectivity index (χ0) is 17.8. The molecule has 3 rings (SSSR count). The first-order chi connectivity index (χ1) is 12.0. The fourth-order valence-corrected chi connectivity index (χ4v) is 3.38. The molecule has 132 valence electrons. The molecule has 2 aromatic rings. The molecule has 1 fully saturated rings. The second-order valence-electron chi connectivity index (χ2n) is 6.92. The maximum absolute atomic E-state index is 12.4. The van der Waals surface area contributed by atoms with Crippen molar-refractivity contribution in [2.45, 2.75) is 20.8 Å². The minimum Gasteiger partial charge on any atom is -0.369 e. The summed E-state index contributed by atoms with van der Waals surface area (Å²) in [4.78, 5) is 17.0. The van der Waals surface area contributed by atoms with Crippen LogP contribution in [0.25, 0.3) is 0 Å². The number of hydrogen-bond acceptors (Lipinski definition) is 3. The molecule has 1 amide bonds. The molecule has 4 heteroatoms. The molecule has 25 heavy (non-hydrogen) atoms. The third-order valence-corrected chi connectivity index (χ3v) is 4.85. The van der Waals surface area contributed by atoms with Crippen molar-refractivity contribution in [3.8, 4) is 0 Å². The van der Waals surface area contributed by atoms with E-state index in [2.05, 4.69) is 46.3 Å². The lowest BCUT2D eigenvalue weighted by molar-refractivity contribution is -0.117. The van der Waals surface area contributed by atoms with Crippen molar-refractivity contribution in [3.63, 3.8) is 0 Å². The molecule has 0 unspecified atom stereocenters. The summed E-state index contributed by atoms with van der Waals surface area (Å²) in [5.41, 5.74) is 5.73. The molecule has 0 aliphatic carbocycles. The molecule has 1 heterocycles. The molecular formula is C21H27N3O. The number of aryl methyl sites for hydroxylation is 3. The largest absolute Gasteiger partial charge is 0.369 e. The van der Waals surface area contributed by atoms with E-state index in [0.717, 1.165) is 43.0 Å². The zero-order valence-corrected chi connectivity index (χ0v) is 15.4. The number of amides is 1. The summed E-state index contributed by atoms with van der Waals surface area (Å²) in [7, 11) is 0. The zero-order valence-electron chi connectivity index (χ0n) is 15.4. The molecule has 0 aromatic heterocycles. The number of nitrogens with zero attached hydrogens (tertiary/aromatic N) is 2. The Morgan fingerprint density at radius 1 is 0.960 bits per heavy atom. The Morgan fingerprint density at radius 2 is 1.60 bits per heavy atom. The minimum atomic E-state index is 0.0707. The maximum atomic E-state index is 12.4. The lowest BCUT2D eigenvalue weighted by Crippen LogP contribution is -2.48. The van der Waals surface area contributed by atoms with Gasteiger partial charge in [-0.05, 0) is 49.6 Å². The Kier molecular flexibility index (Phi) is 5.39. The van der Waals surface area contributed by atoms with E-state index in [-0.39, 0.29) is 5.91 Å². The summed E-state index contributed by atoms with van der Waals surface area (Å²) in [6.07, 6.45) is 0. The Balaban J connectivity index is 1.53. The van der Waals surface area contributed by atoms with Crippen molar-refractivity contribution in [1.29, 1.82) is 0 Å². The normalized spacial score (nSPS) is 15.2. The predicted molar refractivity (Wildman–Crippen MR) is 104 cm³/mol. The highest BCUT2D eigenvalue weighted by molar-refractivity contribution is 5.93. The second-order valence-corrected chi connectivity index (χ2v) is 6.92. The highest BCUT2D eigenvalue weighted by atomic mass is 16.2. The third-order valence-electron chi connectivity index (χ3n) is 4.85. The number of carbonyl (C=O) groups is 1. The van der Waals surface area contributed by atoms with Crippen LogP contribution in [0, 0.1) is 20.8 Å². The summed E-state index contributed by atoms with van der Waals surface area (Å²) in [5.74, 6) is 0.0707. The predicted octanol–water partition coefficient (Wildman–Crippen LogP) is 3.37. The van der Waals surface area contributed by atoms with Crippen molar-refractivity contribution < 1.29 is 4.79 Å². The van der Waals surface area contributed by atoms with Gasteiger partial charge in [-0.3, -0.25) is 9.69 Å². The molecule has 0 radical (unpaired) electrons. The van der Waals surface area contributed by atoms with Gasteiger partial charge in [-0.25, -0.2) is 0 Å². The first kappa shape index (κ1) is 17.5. The number of carbonyl (C=O) groups excluding carboxylic acids is 1. The molecule has 1 aliphatic rings. The van der Waals surface area contributed by atoms with Gasteiger partial charge in [-0.15, -0.1) is 0 Å². The first-order valence-electron chi connectivity index (χ1n) is 8.93. The summed E-state index contributed by atoms with van der Waals surface area (Å²) in [5, 5.41) is 3.08. The van der Waals surface area contributed by atoms with E-state index in [4.69, 9.17) is 0 Å². The van der Waals surface area contributed by atoms with E-state index < -0.39 is 0 Å². The van der Waals surface area contributed by atoms with Crippen LogP contribution < -0.4 is 10.2 Å². The van der Waals surface area contributed by atoms with E-state index in [0.29, 0.717) is 6.54 Å². The molecule has 0 atom stereocenters. The molecule has 0 bridgehead atoms. The number of piperazine rings is 1. The number of hydrogen-bond donors (Lipinski definition) is 1. The molecule has 4 nitrogen and oxygen atoms in total. The third kappa shape index (κ3) is 4.40. The summed E-state index contributed by atoms with van der Waals surface area (Å²) >= 11 is 0. The van der Waals surface area contributed by atoms with Crippen molar-refractivity contribution in [2.75, 3.05) is 42.9 Å². The van der Waals surface area contributed by atoms with Crippen molar-refractivity contribution >= 4 is 17.3 Å². The van der Waals surface area contributed by atoms with Crippen molar-refractivity contribution in [1.82, 2.24) is 4.90 Å². The molecule has 2 aromatic carbocycles. The fourth-order valence-electron chi connectivity index (χ4n) is 3.38. The van der Waals surface area contributed by atoms with Gasteiger partial charge < -0.3 is 10.2 Å². The van der Waals surface area contributed by atoms with E-state index in [9.17, 15) is 4.79 Å². The van der Waals surface area contributed by atoms with Crippen molar-refractivity contribution in [2.24, 2.45) is 0 Å². The topological polar surface area (TPSA) is 35.6 Å². The monoisotopic (exact) mass is 337 g/mol. The average molecular weight is 337 g/mol. The van der Waals surface area contributed by atoms with Crippen LogP contribution in [0.3, 0.4) is 0 Å². The Bertz CT molecular complexity index is 728. The van der Waals surface area contributed by atoms with Gasteiger partial charge in [0.05, 0.1) is 6.54 Å². The number of para-hydroxylation sites is 1. The number of anilines is 2. The van der Waals surface area contributed by atoms with Gasteiger partial charge in [0.2, 0.25) is 5.91 Å². The maximum Gasteiger partial charge on any atom is 0.238 e. The van der Waals surface area contributed by atoms with Crippen LogP contribution >= 0.6 is 0 Å². The summed E-state index contributed by atoms with van der Waals surface area (Å²) < 4.78 is 0. The number of nitrogens with one attached hydrogen (secondary N) is 1. The average Bonchev–Trinajstić information content (AvgIpc) is 2.59. The van der Waals surface area contributed by atoms with E-state index in [1.807, 2.05) is 32.0 Å². The Labute approximate surface area is 150 Å². The lowest BCUT2D eigenvalue weighted by Gasteiger charge is -2.35. The summed E-state index contributed by atoms with van der Waals surface area (Å²) in [6.45, 7) is 10.4. The van der Waals surface area contributed by atoms with Crippen LogP contribution in [0.1, 0.15) is 16.7 Å². The Hall–Kier alpha value is -2.33. The highest BCUT2D eigenvalue weighted by Crippen LogP contribution is 2.20. The van der Waals surface area contributed by atoms with Gasteiger partial charge >= 0.3 is 0 Å². The highest BCUT2D eigenvalue weighted by Gasteiger charge is 2.19. The van der Waals surface area contributed by atoms with Crippen molar-refractivity contribution in [3.05, 3.63) is 59.2 Å².